The predicted molar refractivity (Wildman–Crippen MR) is 71.3 cm³/mol. The van der Waals surface area contributed by atoms with Crippen LogP contribution in [-0.2, 0) is 21.6 Å². The van der Waals surface area contributed by atoms with E-state index in [9.17, 15) is 9.90 Å². The zero-order valence-electron chi connectivity index (χ0n) is 11.5. The van der Waals surface area contributed by atoms with Crippen LogP contribution in [0, 0.1) is 0 Å². The fourth-order valence-corrected chi connectivity index (χ4v) is 2.98. The van der Waals surface area contributed by atoms with Gasteiger partial charge in [-0.25, -0.2) is 0 Å². The highest BCUT2D eigenvalue weighted by Gasteiger charge is 2.47. The SMILES string of the molecule is COCc1cc2c(cc1C1(C(=O)O)CCC1)OCCO2. The Morgan fingerprint density at radius 1 is 1.30 bits per heavy atom. The van der Waals surface area contributed by atoms with E-state index in [4.69, 9.17) is 14.2 Å². The van der Waals surface area contributed by atoms with Gasteiger partial charge in [0.2, 0.25) is 0 Å². The van der Waals surface area contributed by atoms with E-state index in [1.54, 1.807) is 7.11 Å². The van der Waals surface area contributed by atoms with Crippen molar-refractivity contribution >= 4 is 5.97 Å². The molecule has 20 heavy (non-hydrogen) atoms. The number of methoxy groups -OCH3 is 1. The molecule has 0 saturated heterocycles. The molecule has 1 N–H and O–H groups in total. The topological polar surface area (TPSA) is 65.0 Å². The fourth-order valence-electron chi connectivity index (χ4n) is 2.98. The normalized spacial score (nSPS) is 19.2. The van der Waals surface area contributed by atoms with E-state index in [0.717, 1.165) is 17.5 Å². The molecule has 1 aliphatic heterocycles. The van der Waals surface area contributed by atoms with Crippen molar-refractivity contribution in [2.24, 2.45) is 0 Å². The lowest BCUT2D eigenvalue weighted by atomic mass is 9.63. The number of aliphatic carboxylic acids is 1. The fraction of sp³-hybridized carbons (Fsp3) is 0.533. The largest absolute Gasteiger partial charge is 0.486 e. The number of hydrogen-bond acceptors (Lipinski definition) is 4. The average molecular weight is 278 g/mol. The highest BCUT2D eigenvalue weighted by Crippen LogP contribution is 2.48. The van der Waals surface area contributed by atoms with Gasteiger partial charge in [0.15, 0.2) is 11.5 Å². The van der Waals surface area contributed by atoms with Crippen LogP contribution in [0.4, 0.5) is 0 Å². The lowest BCUT2D eigenvalue weighted by Gasteiger charge is -2.40. The van der Waals surface area contributed by atoms with Crippen LogP contribution in [0.1, 0.15) is 30.4 Å². The van der Waals surface area contributed by atoms with Crippen LogP contribution in [0.5, 0.6) is 11.5 Å². The third-order valence-electron chi connectivity index (χ3n) is 4.20. The molecular weight excluding hydrogens is 260 g/mol. The van der Waals surface area contributed by atoms with Crippen molar-refractivity contribution in [2.45, 2.75) is 31.3 Å². The molecule has 0 atom stereocenters. The second kappa shape index (κ2) is 4.98. The predicted octanol–water partition coefficient (Wildman–Crippen LogP) is 2.11. The smallest absolute Gasteiger partial charge is 0.314 e. The Bertz CT molecular complexity index is 533. The Morgan fingerprint density at radius 2 is 1.95 bits per heavy atom. The van der Waals surface area contributed by atoms with E-state index in [0.29, 0.717) is 44.2 Å². The van der Waals surface area contributed by atoms with Crippen molar-refractivity contribution in [1.29, 1.82) is 0 Å². The lowest BCUT2D eigenvalue weighted by molar-refractivity contribution is -0.147. The molecule has 108 valence electrons. The van der Waals surface area contributed by atoms with Crippen LogP contribution >= 0.6 is 0 Å². The summed E-state index contributed by atoms with van der Waals surface area (Å²) < 4.78 is 16.4. The molecule has 0 radical (unpaired) electrons. The summed E-state index contributed by atoms with van der Waals surface area (Å²) in [5, 5.41) is 9.62. The number of carbonyl (C=O) groups is 1. The Kier molecular flexibility index (Phi) is 3.30. The van der Waals surface area contributed by atoms with Gasteiger partial charge >= 0.3 is 5.97 Å². The minimum atomic E-state index is -0.788. The van der Waals surface area contributed by atoms with Gasteiger partial charge in [-0.3, -0.25) is 4.79 Å². The summed E-state index contributed by atoms with van der Waals surface area (Å²) in [6, 6.07) is 3.69. The summed E-state index contributed by atoms with van der Waals surface area (Å²) in [6.07, 6.45) is 2.27. The number of benzene rings is 1. The first kappa shape index (κ1) is 13.2. The van der Waals surface area contributed by atoms with Crippen molar-refractivity contribution in [3.8, 4) is 11.5 Å². The number of carboxylic acid groups (broad SMARTS) is 1. The molecule has 0 bridgehead atoms. The minimum Gasteiger partial charge on any atom is -0.486 e. The molecule has 2 aliphatic rings. The van der Waals surface area contributed by atoms with Gasteiger partial charge in [0, 0.05) is 7.11 Å². The number of rotatable bonds is 4. The molecule has 0 aromatic heterocycles. The first-order valence-corrected chi connectivity index (χ1v) is 6.83. The van der Waals surface area contributed by atoms with Gasteiger partial charge in [0.05, 0.1) is 12.0 Å². The van der Waals surface area contributed by atoms with Crippen LogP contribution < -0.4 is 9.47 Å². The molecule has 1 heterocycles. The maximum Gasteiger partial charge on any atom is 0.314 e. The molecule has 5 heteroatoms. The molecule has 3 rings (SSSR count). The van der Waals surface area contributed by atoms with Gasteiger partial charge in [0.1, 0.15) is 13.2 Å². The molecule has 1 aromatic carbocycles. The van der Waals surface area contributed by atoms with Gasteiger partial charge in [-0.2, -0.15) is 0 Å². The number of ether oxygens (including phenoxy) is 3. The van der Waals surface area contributed by atoms with Gasteiger partial charge in [-0.05, 0) is 36.1 Å². The van der Waals surface area contributed by atoms with Gasteiger partial charge in [0.25, 0.3) is 0 Å². The number of fused-ring (bicyclic) bond motifs is 1. The van der Waals surface area contributed by atoms with Crippen molar-refractivity contribution in [2.75, 3.05) is 20.3 Å². The van der Waals surface area contributed by atoms with Crippen molar-refractivity contribution in [3.05, 3.63) is 23.3 Å². The highest BCUT2D eigenvalue weighted by molar-refractivity contribution is 5.83. The van der Waals surface area contributed by atoms with E-state index in [2.05, 4.69) is 0 Å². The quantitative estimate of drug-likeness (QED) is 0.913. The summed E-state index contributed by atoms with van der Waals surface area (Å²) in [7, 11) is 1.61. The van der Waals surface area contributed by atoms with E-state index in [1.807, 2.05) is 12.1 Å². The van der Waals surface area contributed by atoms with Crippen LogP contribution in [0.2, 0.25) is 0 Å². The van der Waals surface area contributed by atoms with Crippen molar-refractivity contribution in [1.82, 2.24) is 0 Å². The van der Waals surface area contributed by atoms with Crippen LogP contribution in [0.15, 0.2) is 12.1 Å². The monoisotopic (exact) mass is 278 g/mol. The Balaban J connectivity index is 2.10. The number of carboxylic acids is 1. The summed E-state index contributed by atoms with van der Waals surface area (Å²) in [6.45, 7) is 1.39. The zero-order chi connectivity index (χ0) is 14.2. The molecule has 1 saturated carbocycles. The molecule has 5 nitrogen and oxygen atoms in total. The summed E-state index contributed by atoms with van der Waals surface area (Å²) in [5.41, 5.74) is 0.894. The Morgan fingerprint density at radius 3 is 2.45 bits per heavy atom. The van der Waals surface area contributed by atoms with Crippen molar-refractivity contribution < 1.29 is 24.1 Å². The van der Waals surface area contributed by atoms with Crippen LogP contribution in [0.25, 0.3) is 0 Å². The molecule has 0 unspecified atom stereocenters. The summed E-state index contributed by atoms with van der Waals surface area (Å²) >= 11 is 0. The average Bonchev–Trinajstić information content (AvgIpc) is 2.37. The number of hydrogen-bond donors (Lipinski definition) is 1. The first-order valence-electron chi connectivity index (χ1n) is 6.83. The highest BCUT2D eigenvalue weighted by atomic mass is 16.6. The molecule has 1 aliphatic carbocycles. The van der Waals surface area contributed by atoms with Gasteiger partial charge in [-0.1, -0.05) is 6.42 Å². The summed E-state index contributed by atoms with van der Waals surface area (Å²) in [4.78, 5) is 11.7. The lowest BCUT2D eigenvalue weighted by Crippen LogP contribution is -2.43. The van der Waals surface area contributed by atoms with Crippen molar-refractivity contribution in [3.63, 3.8) is 0 Å². The summed E-state index contributed by atoms with van der Waals surface area (Å²) in [5.74, 6) is 0.545. The maximum atomic E-state index is 11.7. The molecule has 1 fully saturated rings. The first-order chi connectivity index (χ1) is 9.67. The third-order valence-corrected chi connectivity index (χ3v) is 4.20. The standard InChI is InChI=1S/C15H18O5/c1-18-9-10-7-12-13(20-6-5-19-12)8-11(10)15(14(16)17)3-2-4-15/h7-8H,2-6,9H2,1H3,(H,16,17). The maximum absolute atomic E-state index is 11.7. The Hall–Kier alpha value is -1.75. The van der Waals surface area contributed by atoms with E-state index in [-0.39, 0.29) is 0 Å². The second-order valence-corrected chi connectivity index (χ2v) is 5.33. The molecule has 1 aromatic rings. The second-order valence-electron chi connectivity index (χ2n) is 5.33. The molecular formula is C15H18O5. The van der Waals surface area contributed by atoms with Gasteiger partial charge < -0.3 is 19.3 Å². The van der Waals surface area contributed by atoms with E-state index in [1.165, 1.54) is 0 Å². The zero-order valence-corrected chi connectivity index (χ0v) is 11.5. The van der Waals surface area contributed by atoms with Crippen LogP contribution in [0.3, 0.4) is 0 Å². The minimum absolute atomic E-state index is 0.376. The molecule has 0 amide bonds. The van der Waals surface area contributed by atoms with Crippen LogP contribution in [-0.4, -0.2) is 31.4 Å². The van der Waals surface area contributed by atoms with E-state index < -0.39 is 11.4 Å². The Labute approximate surface area is 117 Å². The van der Waals surface area contributed by atoms with E-state index >= 15 is 0 Å². The third kappa shape index (κ3) is 1.93. The van der Waals surface area contributed by atoms with Gasteiger partial charge in [-0.15, -0.1) is 0 Å². The molecule has 0 spiro atoms.